The van der Waals surface area contributed by atoms with E-state index in [-0.39, 0.29) is 12.8 Å². The van der Waals surface area contributed by atoms with E-state index in [0.717, 1.165) is 12.8 Å². The average Bonchev–Trinajstić information content (AvgIpc) is 2.84. The summed E-state index contributed by atoms with van der Waals surface area (Å²) in [5.41, 5.74) is 0. The second-order valence-corrected chi connectivity index (χ2v) is 9.74. The molecule has 1 aliphatic heterocycles. The van der Waals surface area contributed by atoms with Gasteiger partial charge in [0.25, 0.3) is 0 Å². The van der Waals surface area contributed by atoms with Gasteiger partial charge in [0.15, 0.2) is 6.29 Å². The standard InChI is InChI=1S/C23H41NO12S/c1-3-5-7-8-9-10-12-18(27)24-15(19(28)16(26)11-6-4-2)14-34-23-21(30)22(36-37(31,32)33)20(29)17(13-25)35-23/h5,7,9-10,15-17,19-23,25-26,28-30H,3-4,6,8,11-14H2,1-2H3,(H,24,27)(H,31,32,33)/t15-,16+,17+,19-,20-,21+,22-,23+/m0/s1. The Bertz CT molecular complexity index is 821. The van der Waals surface area contributed by atoms with Gasteiger partial charge in [-0.15, -0.1) is 0 Å². The number of rotatable bonds is 17. The van der Waals surface area contributed by atoms with E-state index >= 15 is 0 Å². The predicted octanol–water partition coefficient (Wildman–Crippen LogP) is -0.671. The van der Waals surface area contributed by atoms with Crippen molar-refractivity contribution in [2.45, 2.75) is 101 Å². The van der Waals surface area contributed by atoms with Crippen molar-refractivity contribution in [3.8, 4) is 0 Å². The van der Waals surface area contributed by atoms with Crippen molar-refractivity contribution in [3.05, 3.63) is 24.3 Å². The Morgan fingerprint density at radius 2 is 1.78 bits per heavy atom. The van der Waals surface area contributed by atoms with Crippen molar-refractivity contribution in [1.29, 1.82) is 0 Å². The third-order valence-electron chi connectivity index (χ3n) is 5.65. The zero-order valence-corrected chi connectivity index (χ0v) is 21.9. The highest BCUT2D eigenvalue weighted by Crippen LogP contribution is 2.26. The molecule has 0 saturated carbocycles. The lowest BCUT2D eigenvalue weighted by atomic mass is 9.99. The molecule has 0 aromatic rings. The number of unbranched alkanes of at least 4 members (excludes halogenated alkanes) is 1. The second-order valence-electron chi connectivity index (χ2n) is 8.69. The van der Waals surface area contributed by atoms with Gasteiger partial charge in [-0.05, 0) is 19.3 Å². The lowest BCUT2D eigenvalue weighted by Gasteiger charge is -2.41. The molecule has 0 aromatic heterocycles. The van der Waals surface area contributed by atoms with Crippen LogP contribution in [0.4, 0.5) is 0 Å². The molecule has 1 heterocycles. The van der Waals surface area contributed by atoms with E-state index in [1.165, 1.54) is 0 Å². The summed E-state index contributed by atoms with van der Waals surface area (Å²) in [5.74, 6) is -0.479. The van der Waals surface area contributed by atoms with Crippen LogP contribution in [0.25, 0.3) is 0 Å². The highest BCUT2D eigenvalue weighted by Gasteiger charge is 2.48. The molecular formula is C23H41NO12S. The minimum absolute atomic E-state index is 0.0140. The van der Waals surface area contributed by atoms with Crippen molar-refractivity contribution in [1.82, 2.24) is 5.32 Å². The van der Waals surface area contributed by atoms with E-state index in [0.29, 0.717) is 12.8 Å². The smallest absolute Gasteiger partial charge is 0.394 e. The summed E-state index contributed by atoms with van der Waals surface area (Å²) >= 11 is 0. The third kappa shape index (κ3) is 12.3. The van der Waals surface area contributed by atoms with E-state index in [2.05, 4.69) is 9.50 Å². The molecule has 1 rings (SSSR count). The largest absolute Gasteiger partial charge is 0.397 e. The van der Waals surface area contributed by atoms with E-state index < -0.39 is 78.5 Å². The zero-order valence-electron chi connectivity index (χ0n) is 21.1. The number of carbonyl (C=O) groups is 1. The van der Waals surface area contributed by atoms with Crippen molar-refractivity contribution in [3.63, 3.8) is 0 Å². The van der Waals surface area contributed by atoms with Crippen LogP contribution in [0.15, 0.2) is 24.3 Å². The maximum Gasteiger partial charge on any atom is 0.397 e. The third-order valence-corrected chi connectivity index (χ3v) is 6.11. The van der Waals surface area contributed by atoms with Gasteiger partial charge in [-0.25, -0.2) is 4.18 Å². The Kier molecular flexibility index (Phi) is 15.6. The summed E-state index contributed by atoms with van der Waals surface area (Å²) in [6.07, 6.45) is -0.986. The monoisotopic (exact) mass is 555 g/mol. The molecule has 1 saturated heterocycles. The van der Waals surface area contributed by atoms with Gasteiger partial charge in [0.05, 0.1) is 25.4 Å². The quantitative estimate of drug-likeness (QED) is 0.0879. The molecule has 1 amide bonds. The molecule has 0 aromatic carbocycles. The Morgan fingerprint density at radius 3 is 2.38 bits per heavy atom. The first-order valence-corrected chi connectivity index (χ1v) is 13.7. The molecule has 1 aliphatic rings. The minimum Gasteiger partial charge on any atom is -0.394 e. The first-order valence-electron chi connectivity index (χ1n) is 12.3. The number of allylic oxidation sites excluding steroid dienone is 3. The Labute approximate surface area is 217 Å². The zero-order chi connectivity index (χ0) is 28.0. The van der Waals surface area contributed by atoms with Gasteiger partial charge in [-0.2, -0.15) is 8.42 Å². The van der Waals surface area contributed by atoms with Crippen LogP contribution >= 0.6 is 0 Å². The van der Waals surface area contributed by atoms with Gasteiger partial charge in [0.1, 0.15) is 30.5 Å². The lowest BCUT2D eigenvalue weighted by molar-refractivity contribution is -0.299. The highest BCUT2D eigenvalue weighted by atomic mass is 32.3. The first kappa shape index (κ1) is 33.6. The molecular weight excluding hydrogens is 514 g/mol. The molecule has 1 fully saturated rings. The molecule has 0 bridgehead atoms. The summed E-state index contributed by atoms with van der Waals surface area (Å²) in [5, 5.41) is 53.6. The highest BCUT2D eigenvalue weighted by molar-refractivity contribution is 7.80. The number of amides is 1. The van der Waals surface area contributed by atoms with Crippen molar-refractivity contribution in [2.24, 2.45) is 0 Å². The van der Waals surface area contributed by atoms with Gasteiger partial charge in [-0.1, -0.05) is 51.0 Å². The summed E-state index contributed by atoms with van der Waals surface area (Å²) in [6.45, 7) is 2.59. The summed E-state index contributed by atoms with van der Waals surface area (Å²) in [4.78, 5) is 12.5. The fourth-order valence-electron chi connectivity index (χ4n) is 3.61. The van der Waals surface area contributed by atoms with Crippen molar-refractivity contribution >= 4 is 16.3 Å². The second kappa shape index (κ2) is 17.2. The summed E-state index contributed by atoms with van der Waals surface area (Å²) in [6, 6.07) is -1.16. The van der Waals surface area contributed by atoms with Gasteiger partial charge in [-0.3, -0.25) is 9.35 Å². The number of aliphatic hydroxyl groups excluding tert-OH is 5. The molecule has 14 heteroatoms. The number of carbonyl (C=O) groups excluding carboxylic acids is 1. The molecule has 0 aliphatic carbocycles. The Balaban J connectivity index is 2.94. The maximum absolute atomic E-state index is 12.5. The topological polar surface area (TPSA) is 212 Å². The van der Waals surface area contributed by atoms with Crippen LogP contribution in [-0.4, -0.2) is 107 Å². The predicted molar refractivity (Wildman–Crippen MR) is 131 cm³/mol. The van der Waals surface area contributed by atoms with Crippen LogP contribution in [0.5, 0.6) is 0 Å². The maximum atomic E-state index is 12.5. The Morgan fingerprint density at radius 1 is 1.11 bits per heavy atom. The van der Waals surface area contributed by atoms with Gasteiger partial charge < -0.3 is 40.3 Å². The molecule has 13 nitrogen and oxygen atoms in total. The molecule has 0 unspecified atom stereocenters. The molecule has 0 radical (unpaired) electrons. The molecule has 8 atom stereocenters. The van der Waals surface area contributed by atoms with Crippen LogP contribution in [-0.2, 0) is 28.9 Å². The lowest BCUT2D eigenvalue weighted by Crippen LogP contribution is -2.61. The number of aliphatic hydroxyl groups is 5. The van der Waals surface area contributed by atoms with Crippen LogP contribution in [0.3, 0.4) is 0 Å². The van der Waals surface area contributed by atoms with E-state index in [9.17, 15) is 38.7 Å². The van der Waals surface area contributed by atoms with Gasteiger partial charge in [0.2, 0.25) is 5.91 Å². The number of hydrogen-bond acceptors (Lipinski definition) is 11. The minimum atomic E-state index is -5.10. The first-order chi connectivity index (χ1) is 17.4. The van der Waals surface area contributed by atoms with Crippen molar-refractivity contribution < 1.29 is 57.0 Å². The van der Waals surface area contributed by atoms with E-state index in [1.54, 1.807) is 12.2 Å². The fourth-order valence-corrected chi connectivity index (χ4v) is 4.12. The molecule has 216 valence electrons. The Hall–Kier alpha value is -1.46. The normalized spacial score (nSPS) is 27.4. The van der Waals surface area contributed by atoms with Gasteiger partial charge in [0, 0.05) is 6.42 Å². The number of ether oxygens (including phenoxy) is 2. The van der Waals surface area contributed by atoms with Gasteiger partial charge >= 0.3 is 10.4 Å². The average molecular weight is 556 g/mol. The number of hydrogen-bond donors (Lipinski definition) is 7. The molecule has 0 spiro atoms. The van der Waals surface area contributed by atoms with Crippen LogP contribution < -0.4 is 5.32 Å². The fraction of sp³-hybridized carbons (Fsp3) is 0.783. The molecule has 7 N–H and O–H groups in total. The van der Waals surface area contributed by atoms with Crippen LogP contribution in [0.1, 0.15) is 52.4 Å². The SMILES string of the molecule is CCC=CCC=CCC(=O)N[C@@H](CO[C@@H]1O[C@H](CO)[C@H](O)[C@H](OS(=O)(=O)O)[C@H]1O)[C@H](O)[C@H](O)CCCC. The van der Waals surface area contributed by atoms with E-state index in [1.807, 2.05) is 26.0 Å². The van der Waals surface area contributed by atoms with Crippen LogP contribution in [0, 0.1) is 0 Å². The molecule has 37 heavy (non-hydrogen) atoms. The van der Waals surface area contributed by atoms with E-state index in [4.69, 9.17) is 14.0 Å². The number of nitrogens with one attached hydrogen (secondary N) is 1. The summed E-state index contributed by atoms with van der Waals surface area (Å²) < 4.78 is 46.3. The van der Waals surface area contributed by atoms with Crippen molar-refractivity contribution in [2.75, 3.05) is 13.2 Å². The summed E-state index contributed by atoms with van der Waals surface area (Å²) in [7, 11) is -5.10. The van der Waals surface area contributed by atoms with Crippen LogP contribution in [0.2, 0.25) is 0 Å².